The second-order valence-corrected chi connectivity index (χ2v) is 9.42. The number of fused-ring (bicyclic) bond motifs is 4. The number of benzene rings is 2. The van der Waals surface area contributed by atoms with Gasteiger partial charge in [-0.25, -0.2) is 0 Å². The number of carbonyl (C=O) groups excluding carboxylic acids is 3. The molecule has 0 saturated heterocycles. The van der Waals surface area contributed by atoms with Crippen LogP contribution in [0.5, 0.6) is 17.2 Å². The molecule has 8 nitrogen and oxygen atoms in total. The van der Waals surface area contributed by atoms with Gasteiger partial charge in [-0.3, -0.25) is 14.4 Å². The summed E-state index contributed by atoms with van der Waals surface area (Å²) in [6, 6.07) is 7.97. The van der Waals surface area contributed by atoms with E-state index >= 15 is 0 Å². The van der Waals surface area contributed by atoms with Crippen molar-refractivity contribution in [3.05, 3.63) is 75.8 Å². The molecule has 2 aromatic carbocycles. The highest BCUT2D eigenvalue weighted by molar-refractivity contribution is 6.31. The highest BCUT2D eigenvalue weighted by Gasteiger charge is 2.56. The molecule has 1 aromatic heterocycles. The number of phenolic OH excluding ortho intramolecular Hbond substituents is 2. The number of Topliss-reactive ketones (excluding diaryl/α,β-unsaturated/α-hetero) is 2. The highest BCUT2D eigenvalue weighted by atomic mass is 16.5. The van der Waals surface area contributed by atoms with Crippen LogP contribution in [0.3, 0.4) is 0 Å². The number of phenols is 2. The first-order chi connectivity index (χ1) is 17.1. The highest BCUT2D eigenvalue weighted by Crippen LogP contribution is 2.57. The van der Waals surface area contributed by atoms with Crippen LogP contribution >= 0.6 is 0 Å². The minimum absolute atomic E-state index is 0.0191. The number of ether oxygens (including phenoxy) is 1. The number of rotatable bonds is 5. The van der Waals surface area contributed by atoms with E-state index in [-0.39, 0.29) is 39.5 Å². The minimum Gasteiger partial charge on any atom is -0.507 e. The molecule has 0 fully saturated rings. The number of para-hydroxylation sites is 1. The Hall–Kier alpha value is -4.33. The molecule has 184 valence electrons. The predicted molar refractivity (Wildman–Crippen MR) is 133 cm³/mol. The van der Waals surface area contributed by atoms with Gasteiger partial charge in [0.25, 0.3) is 0 Å². The molecule has 2 heterocycles. The lowest BCUT2D eigenvalue weighted by molar-refractivity contribution is -0.123. The third-order valence-electron chi connectivity index (χ3n) is 7.22. The smallest absolute Gasteiger partial charge is 0.194 e. The average molecular weight is 487 g/mol. The Bertz CT molecular complexity index is 1560. The molecule has 5 rings (SSSR count). The number of aromatic amines is 1. The third kappa shape index (κ3) is 3.17. The van der Waals surface area contributed by atoms with Gasteiger partial charge in [0, 0.05) is 41.0 Å². The van der Waals surface area contributed by atoms with Gasteiger partial charge in [-0.15, -0.1) is 0 Å². The summed E-state index contributed by atoms with van der Waals surface area (Å²) in [5.41, 5.74) is 1.02. The van der Waals surface area contributed by atoms with Gasteiger partial charge in [0.05, 0.1) is 11.1 Å². The first-order valence-corrected chi connectivity index (χ1v) is 11.7. The molecule has 1 aliphatic carbocycles. The maximum absolute atomic E-state index is 13.8. The molecule has 0 amide bonds. The molecular weight excluding hydrogens is 460 g/mol. The van der Waals surface area contributed by atoms with Gasteiger partial charge >= 0.3 is 0 Å². The second kappa shape index (κ2) is 8.12. The van der Waals surface area contributed by atoms with Crippen molar-refractivity contribution in [1.82, 2.24) is 10.3 Å². The summed E-state index contributed by atoms with van der Waals surface area (Å²) >= 11 is 0. The molecule has 3 aromatic rings. The maximum Gasteiger partial charge on any atom is 0.194 e. The fourth-order valence-electron chi connectivity index (χ4n) is 5.17. The van der Waals surface area contributed by atoms with Gasteiger partial charge in [-0.2, -0.15) is 0 Å². The predicted octanol–water partition coefficient (Wildman–Crippen LogP) is 3.88. The standard InChI is InChI=1S/C28H26N2O6/c1-13-24(33)22(15(3)31)26-23(25(13)34)28(4)20(36-26)11-19(32)21(27(28)35)14(2)29-10-9-16-12-30-18-8-6-5-7-17(16)18/h5-8,11-12,29-30,33-34H,9-10H2,1-4H3/b21-14-. The summed E-state index contributed by atoms with van der Waals surface area (Å²) in [5.74, 6) is -2.39. The summed E-state index contributed by atoms with van der Waals surface area (Å²) in [7, 11) is 0. The van der Waals surface area contributed by atoms with Gasteiger partial charge < -0.3 is 25.3 Å². The van der Waals surface area contributed by atoms with Crippen LogP contribution in [0, 0.1) is 6.92 Å². The van der Waals surface area contributed by atoms with Crippen molar-refractivity contribution in [2.24, 2.45) is 0 Å². The summed E-state index contributed by atoms with van der Waals surface area (Å²) in [6.07, 6.45) is 3.83. The summed E-state index contributed by atoms with van der Waals surface area (Å²) in [5, 5.41) is 25.7. The molecule has 0 saturated carbocycles. The number of ketones is 3. The molecule has 36 heavy (non-hydrogen) atoms. The maximum atomic E-state index is 13.8. The lowest BCUT2D eigenvalue weighted by atomic mass is 9.70. The van der Waals surface area contributed by atoms with Crippen LogP contribution < -0.4 is 10.1 Å². The number of hydrogen-bond donors (Lipinski definition) is 4. The number of carbonyl (C=O) groups is 3. The molecule has 0 bridgehead atoms. The molecule has 4 N–H and O–H groups in total. The van der Waals surface area contributed by atoms with Crippen molar-refractivity contribution < 1.29 is 29.3 Å². The molecule has 1 atom stereocenters. The Morgan fingerprint density at radius 1 is 1.14 bits per heavy atom. The third-order valence-corrected chi connectivity index (χ3v) is 7.22. The molecular formula is C28H26N2O6. The molecule has 1 unspecified atom stereocenters. The summed E-state index contributed by atoms with van der Waals surface area (Å²) < 4.78 is 5.80. The van der Waals surface area contributed by atoms with Crippen LogP contribution in [0.15, 0.2) is 53.6 Å². The van der Waals surface area contributed by atoms with Crippen molar-refractivity contribution in [1.29, 1.82) is 0 Å². The number of hydrogen-bond acceptors (Lipinski definition) is 7. The second-order valence-electron chi connectivity index (χ2n) is 9.42. The van der Waals surface area contributed by atoms with Gasteiger partial charge in [0.1, 0.15) is 34.0 Å². The molecule has 0 spiro atoms. The average Bonchev–Trinajstić information content (AvgIpc) is 3.37. The lowest BCUT2D eigenvalue weighted by Crippen LogP contribution is -2.41. The fraction of sp³-hybridized carbons (Fsp3) is 0.250. The Labute approximate surface area is 207 Å². The van der Waals surface area contributed by atoms with Crippen molar-refractivity contribution in [2.75, 3.05) is 6.54 Å². The van der Waals surface area contributed by atoms with Gasteiger partial charge in [-0.1, -0.05) is 18.2 Å². The molecule has 1 aliphatic heterocycles. The zero-order valence-electron chi connectivity index (χ0n) is 20.4. The van der Waals surface area contributed by atoms with Gasteiger partial charge in [0.2, 0.25) is 0 Å². The first kappa shape index (κ1) is 23.4. The SMILES string of the molecule is CC(=O)c1c(O)c(C)c(O)c2c1OC1=CC(=O)/C(=C(\C)NCCc3c[nH]c4ccccc34)C(=O)C12C. The van der Waals surface area contributed by atoms with Crippen molar-refractivity contribution in [3.8, 4) is 17.2 Å². The van der Waals surface area contributed by atoms with Crippen LogP contribution in [0.2, 0.25) is 0 Å². The van der Waals surface area contributed by atoms with E-state index in [0.29, 0.717) is 18.7 Å². The zero-order chi connectivity index (χ0) is 25.9. The van der Waals surface area contributed by atoms with Crippen LogP contribution in [0.1, 0.15) is 47.8 Å². The van der Waals surface area contributed by atoms with E-state index < -0.39 is 28.5 Å². The Morgan fingerprint density at radius 2 is 1.86 bits per heavy atom. The number of H-pyrrole nitrogens is 1. The van der Waals surface area contributed by atoms with E-state index in [0.717, 1.165) is 16.5 Å². The van der Waals surface area contributed by atoms with Crippen LogP contribution in [0.25, 0.3) is 10.9 Å². The van der Waals surface area contributed by atoms with Crippen molar-refractivity contribution in [3.63, 3.8) is 0 Å². The van der Waals surface area contributed by atoms with Crippen LogP contribution in [-0.4, -0.2) is 39.1 Å². The number of aromatic hydroxyl groups is 2. The van der Waals surface area contributed by atoms with E-state index in [1.54, 1.807) is 13.8 Å². The topological polar surface area (TPSA) is 129 Å². The Kier molecular flexibility index (Phi) is 5.28. The minimum atomic E-state index is -1.52. The first-order valence-electron chi connectivity index (χ1n) is 11.7. The zero-order valence-corrected chi connectivity index (χ0v) is 20.4. The van der Waals surface area contributed by atoms with Crippen molar-refractivity contribution in [2.45, 2.75) is 39.5 Å². The monoisotopic (exact) mass is 486 g/mol. The number of nitrogens with one attached hydrogen (secondary N) is 2. The van der Waals surface area contributed by atoms with E-state index in [2.05, 4.69) is 10.3 Å². The van der Waals surface area contributed by atoms with Crippen molar-refractivity contribution >= 4 is 28.3 Å². The Balaban J connectivity index is 1.51. The molecule has 2 aliphatic rings. The van der Waals surface area contributed by atoms with E-state index in [1.165, 1.54) is 19.9 Å². The largest absolute Gasteiger partial charge is 0.507 e. The quantitative estimate of drug-likeness (QED) is 0.245. The molecule has 8 heteroatoms. The van der Waals surface area contributed by atoms with E-state index in [9.17, 15) is 24.6 Å². The van der Waals surface area contributed by atoms with Crippen LogP contribution in [0.4, 0.5) is 0 Å². The van der Waals surface area contributed by atoms with E-state index in [4.69, 9.17) is 4.74 Å². The normalized spacial score (nSPS) is 20.1. The number of aromatic nitrogens is 1. The summed E-state index contributed by atoms with van der Waals surface area (Å²) in [6.45, 7) is 6.43. The van der Waals surface area contributed by atoms with Gasteiger partial charge in [0.15, 0.2) is 17.3 Å². The lowest BCUT2D eigenvalue weighted by Gasteiger charge is -2.29. The summed E-state index contributed by atoms with van der Waals surface area (Å²) in [4.78, 5) is 42.4. The molecule has 0 radical (unpaired) electrons. The fourth-order valence-corrected chi connectivity index (χ4v) is 5.17. The Morgan fingerprint density at radius 3 is 2.58 bits per heavy atom. The van der Waals surface area contributed by atoms with Gasteiger partial charge in [-0.05, 0) is 45.7 Å². The number of allylic oxidation sites excluding steroid dienone is 4. The van der Waals surface area contributed by atoms with Crippen LogP contribution in [-0.2, 0) is 21.4 Å². The van der Waals surface area contributed by atoms with E-state index in [1.807, 2.05) is 30.5 Å².